The smallest absolute Gasteiger partial charge is 0.335 e. The fourth-order valence-electron chi connectivity index (χ4n) is 3.47. The highest BCUT2D eigenvalue weighted by Gasteiger charge is 2.27. The number of nitrogens with zero attached hydrogens (tertiary/aromatic N) is 5. The number of benzene rings is 1. The van der Waals surface area contributed by atoms with Crippen molar-refractivity contribution in [3.63, 3.8) is 0 Å². The number of allylic oxidation sites excluding steroid dienone is 2. The van der Waals surface area contributed by atoms with Gasteiger partial charge in [-0.15, -0.1) is 0 Å². The lowest BCUT2D eigenvalue weighted by Gasteiger charge is -2.27. The molecule has 1 atom stereocenters. The summed E-state index contributed by atoms with van der Waals surface area (Å²) in [5.74, 6) is -0.225. The van der Waals surface area contributed by atoms with E-state index in [1.54, 1.807) is 18.2 Å². The van der Waals surface area contributed by atoms with E-state index in [-0.39, 0.29) is 17.6 Å². The highest BCUT2D eigenvalue weighted by atomic mass is 16.4. The van der Waals surface area contributed by atoms with Crippen molar-refractivity contribution < 1.29 is 9.90 Å². The molecule has 1 aromatic heterocycles. The third-order valence-corrected chi connectivity index (χ3v) is 5.38. The van der Waals surface area contributed by atoms with Gasteiger partial charge in [0, 0.05) is 25.7 Å². The summed E-state index contributed by atoms with van der Waals surface area (Å²) in [7, 11) is 3.96. The van der Waals surface area contributed by atoms with Crippen molar-refractivity contribution in [2.75, 3.05) is 19.0 Å². The van der Waals surface area contributed by atoms with Crippen molar-refractivity contribution in [3.05, 3.63) is 47.2 Å². The zero-order valence-corrected chi connectivity index (χ0v) is 16.4. The Labute approximate surface area is 163 Å². The molecule has 2 heterocycles. The minimum atomic E-state index is -0.970. The van der Waals surface area contributed by atoms with E-state index in [1.807, 2.05) is 25.3 Å². The van der Waals surface area contributed by atoms with Crippen LogP contribution in [0.4, 0.5) is 5.82 Å². The molecule has 1 aliphatic heterocycles. The summed E-state index contributed by atoms with van der Waals surface area (Å²) in [6.07, 6.45) is 7.07. The first-order chi connectivity index (χ1) is 13.3. The molecule has 0 amide bonds. The Balaban J connectivity index is 1.87. The Morgan fingerprint density at radius 2 is 2.07 bits per heavy atom. The number of aromatic carboxylic acids is 1. The molecule has 0 saturated heterocycles. The molecule has 2 aliphatic rings. The number of hydrazone groups is 1. The van der Waals surface area contributed by atoms with Gasteiger partial charge >= 0.3 is 5.97 Å². The summed E-state index contributed by atoms with van der Waals surface area (Å²) in [6.45, 7) is 4.18. The van der Waals surface area contributed by atoms with Gasteiger partial charge in [0.25, 0.3) is 0 Å². The fourth-order valence-corrected chi connectivity index (χ4v) is 3.47. The van der Waals surface area contributed by atoms with E-state index in [0.29, 0.717) is 11.0 Å². The monoisotopic (exact) mass is 377 g/mol. The zero-order valence-electron chi connectivity index (χ0n) is 16.4. The fraction of sp³-hybridized carbons (Fsp3) is 0.333. The summed E-state index contributed by atoms with van der Waals surface area (Å²) < 4.78 is 0. The van der Waals surface area contributed by atoms with Crippen LogP contribution in [0.15, 0.2) is 41.0 Å². The molecule has 7 heteroatoms. The Kier molecular flexibility index (Phi) is 4.37. The van der Waals surface area contributed by atoms with Gasteiger partial charge in [-0.25, -0.2) is 14.8 Å². The molecule has 1 aromatic carbocycles. The summed E-state index contributed by atoms with van der Waals surface area (Å²) in [5, 5.41) is 15.6. The van der Waals surface area contributed by atoms with Crippen LogP contribution in [0, 0.1) is 0 Å². The number of carboxylic acid groups (broad SMARTS) is 1. The second-order valence-electron chi connectivity index (χ2n) is 7.48. The molecule has 0 bridgehead atoms. The Hall–Kier alpha value is -3.22. The predicted octanol–water partition coefficient (Wildman–Crippen LogP) is 3.19. The molecule has 144 valence electrons. The van der Waals surface area contributed by atoms with Crippen LogP contribution in [0.3, 0.4) is 0 Å². The number of hydrogen-bond acceptors (Lipinski definition) is 6. The molecule has 1 aliphatic carbocycles. The van der Waals surface area contributed by atoms with Crippen molar-refractivity contribution in [1.82, 2.24) is 15.0 Å². The molecular formula is C21H23N5O2. The van der Waals surface area contributed by atoms with E-state index in [4.69, 9.17) is 9.97 Å². The molecule has 1 unspecified atom stereocenters. The molecule has 7 nitrogen and oxygen atoms in total. The Bertz CT molecular complexity index is 1050. The summed E-state index contributed by atoms with van der Waals surface area (Å²) in [5.41, 5.74) is 4.46. The molecule has 0 spiro atoms. The maximum absolute atomic E-state index is 11.3. The standard InChI is InChI=1S/C21H23N5O2/c1-12(2)25(3)20-19(13-6-8-18-15(9-13)11-22-26(18)4)23-16-7-5-14(21(27)28)10-17(16)24-20/h5-7,9-12,18H,8H2,1-4H3,(H,27,28). The van der Waals surface area contributed by atoms with Crippen molar-refractivity contribution in [2.45, 2.75) is 32.4 Å². The third kappa shape index (κ3) is 3.02. The lowest BCUT2D eigenvalue weighted by Crippen LogP contribution is -2.28. The summed E-state index contributed by atoms with van der Waals surface area (Å²) >= 11 is 0. The molecule has 4 rings (SSSR count). The average Bonchev–Trinajstić information content (AvgIpc) is 3.06. The average molecular weight is 377 g/mol. The number of likely N-dealkylation sites (N-methyl/N-ethyl adjacent to an activating group) is 1. The number of rotatable bonds is 4. The molecular weight excluding hydrogens is 354 g/mol. The molecule has 0 radical (unpaired) electrons. The van der Waals surface area contributed by atoms with Gasteiger partial charge < -0.3 is 10.0 Å². The number of anilines is 1. The second-order valence-corrected chi connectivity index (χ2v) is 7.48. The van der Waals surface area contributed by atoms with Gasteiger partial charge in [-0.3, -0.25) is 5.01 Å². The largest absolute Gasteiger partial charge is 0.478 e. The highest BCUT2D eigenvalue weighted by molar-refractivity contribution is 5.95. The van der Waals surface area contributed by atoms with E-state index >= 15 is 0 Å². The van der Waals surface area contributed by atoms with E-state index in [1.165, 1.54) is 5.57 Å². The van der Waals surface area contributed by atoms with Crippen LogP contribution in [0.25, 0.3) is 16.6 Å². The maximum Gasteiger partial charge on any atom is 0.335 e. The minimum absolute atomic E-state index is 0.208. The van der Waals surface area contributed by atoms with Crippen LogP contribution in [0.5, 0.6) is 0 Å². The van der Waals surface area contributed by atoms with Crippen LogP contribution < -0.4 is 4.90 Å². The summed E-state index contributed by atoms with van der Waals surface area (Å²) in [4.78, 5) is 23.1. The van der Waals surface area contributed by atoms with Crippen molar-refractivity contribution in [2.24, 2.45) is 5.10 Å². The Morgan fingerprint density at radius 3 is 2.79 bits per heavy atom. The first-order valence-corrected chi connectivity index (χ1v) is 9.32. The molecule has 2 aromatic rings. The number of hydrogen-bond donors (Lipinski definition) is 1. The van der Waals surface area contributed by atoms with Gasteiger partial charge in [-0.1, -0.05) is 6.08 Å². The van der Waals surface area contributed by atoms with Gasteiger partial charge in [0.2, 0.25) is 0 Å². The van der Waals surface area contributed by atoms with Gasteiger partial charge in [-0.05, 0) is 50.1 Å². The van der Waals surface area contributed by atoms with Crippen LogP contribution >= 0.6 is 0 Å². The first-order valence-electron chi connectivity index (χ1n) is 9.32. The van der Waals surface area contributed by atoms with Crippen LogP contribution in [0.1, 0.15) is 36.3 Å². The SMILES string of the molecule is CC(C)N(C)c1nc2cc(C(=O)O)ccc2nc1C1=CCC2C(=C1)C=NN2C. The lowest BCUT2D eigenvalue weighted by atomic mass is 9.93. The first kappa shape index (κ1) is 18.2. The number of carboxylic acids is 1. The van der Waals surface area contributed by atoms with E-state index < -0.39 is 5.97 Å². The van der Waals surface area contributed by atoms with Crippen molar-refractivity contribution >= 4 is 34.6 Å². The summed E-state index contributed by atoms with van der Waals surface area (Å²) in [6, 6.07) is 5.36. The van der Waals surface area contributed by atoms with Crippen LogP contribution in [-0.4, -0.2) is 58.4 Å². The lowest BCUT2D eigenvalue weighted by molar-refractivity contribution is 0.0697. The van der Waals surface area contributed by atoms with Crippen molar-refractivity contribution in [1.29, 1.82) is 0 Å². The minimum Gasteiger partial charge on any atom is -0.478 e. The number of aromatic nitrogens is 2. The van der Waals surface area contributed by atoms with Crippen LogP contribution in [0.2, 0.25) is 0 Å². The van der Waals surface area contributed by atoms with E-state index in [0.717, 1.165) is 23.5 Å². The molecule has 0 fully saturated rings. The van der Waals surface area contributed by atoms with E-state index in [9.17, 15) is 9.90 Å². The second kappa shape index (κ2) is 6.74. The number of fused-ring (bicyclic) bond motifs is 2. The van der Waals surface area contributed by atoms with E-state index in [2.05, 4.69) is 36.0 Å². The zero-order chi connectivity index (χ0) is 20.0. The topological polar surface area (TPSA) is 81.9 Å². The van der Waals surface area contributed by atoms with Gasteiger partial charge in [0.05, 0.1) is 28.9 Å². The molecule has 0 saturated carbocycles. The normalized spacial score (nSPS) is 18.3. The quantitative estimate of drug-likeness (QED) is 0.881. The van der Waals surface area contributed by atoms with Gasteiger partial charge in [-0.2, -0.15) is 5.10 Å². The van der Waals surface area contributed by atoms with Crippen molar-refractivity contribution in [3.8, 4) is 0 Å². The molecule has 28 heavy (non-hydrogen) atoms. The van der Waals surface area contributed by atoms with Gasteiger partial charge in [0.1, 0.15) is 5.69 Å². The Morgan fingerprint density at radius 1 is 1.29 bits per heavy atom. The van der Waals surface area contributed by atoms with Crippen LogP contribution in [-0.2, 0) is 0 Å². The molecule has 1 N–H and O–H groups in total. The highest BCUT2D eigenvalue weighted by Crippen LogP contribution is 2.34. The van der Waals surface area contributed by atoms with Gasteiger partial charge in [0.15, 0.2) is 5.82 Å². The third-order valence-electron chi connectivity index (χ3n) is 5.38. The predicted molar refractivity (Wildman–Crippen MR) is 111 cm³/mol. The maximum atomic E-state index is 11.3. The number of carbonyl (C=O) groups is 1.